The molecule has 0 aromatic heterocycles. The zero-order valence-corrected chi connectivity index (χ0v) is 10.4. The lowest BCUT2D eigenvalue weighted by Gasteiger charge is -2.11. The fourth-order valence-corrected chi connectivity index (χ4v) is 1.55. The quantitative estimate of drug-likeness (QED) is 0.864. The highest BCUT2D eigenvalue weighted by atomic mass is 35.5. The van der Waals surface area contributed by atoms with E-state index in [1.54, 1.807) is 19.2 Å². The zero-order chi connectivity index (χ0) is 11.3. The summed E-state index contributed by atoms with van der Waals surface area (Å²) in [6.45, 7) is 3.50. The summed E-state index contributed by atoms with van der Waals surface area (Å²) < 4.78 is 5.12. The lowest BCUT2D eigenvalue weighted by molar-refractivity contribution is 0.117. The highest BCUT2D eigenvalue weighted by Gasteiger charge is 2.02. The molecule has 2 nitrogen and oxygen atoms in total. The third kappa shape index (κ3) is 4.39. The molecule has 0 saturated heterocycles. The van der Waals surface area contributed by atoms with Crippen molar-refractivity contribution in [3.63, 3.8) is 0 Å². The van der Waals surface area contributed by atoms with E-state index in [1.807, 2.05) is 13.0 Å². The molecule has 1 atom stereocenters. The highest BCUT2D eigenvalue weighted by molar-refractivity contribution is 6.33. The van der Waals surface area contributed by atoms with Crippen LogP contribution < -0.4 is 5.32 Å². The number of halogens is 2. The van der Waals surface area contributed by atoms with Crippen LogP contribution in [0, 0.1) is 0 Å². The van der Waals surface area contributed by atoms with Crippen LogP contribution >= 0.6 is 23.2 Å². The van der Waals surface area contributed by atoms with Gasteiger partial charge in [0.15, 0.2) is 0 Å². The molecule has 0 aliphatic heterocycles. The third-order valence-corrected chi connectivity index (χ3v) is 2.76. The van der Waals surface area contributed by atoms with Crippen LogP contribution in [0.2, 0.25) is 10.0 Å². The summed E-state index contributed by atoms with van der Waals surface area (Å²) in [4.78, 5) is 0. The molecule has 0 fully saturated rings. The van der Waals surface area contributed by atoms with Gasteiger partial charge in [-0.2, -0.15) is 0 Å². The average Bonchev–Trinajstić information content (AvgIpc) is 2.23. The maximum absolute atomic E-state index is 6.02. The highest BCUT2D eigenvalue weighted by Crippen LogP contribution is 2.20. The number of ether oxygens (including phenoxy) is 1. The molecule has 1 rings (SSSR count). The van der Waals surface area contributed by atoms with Gasteiger partial charge in [0.2, 0.25) is 0 Å². The molecule has 0 radical (unpaired) electrons. The number of methoxy groups -OCH3 is 1. The Kier molecular flexibility index (Phi) is 5.40. The minimum Gasteiger partial charge on any atom is -0.380 e. The van der Waals surface area contributed by atoms with Crippen molar-refractivity contribution < 1.29 is 4.74 Å². The Morgan fingerprint density at radius 2 is 2.13 bits per heavy atom. The van der Waals surface area contributed by atoms with Gasteiger partial charge in [0.05, 0.1) is 6.10 Å². The maximum Gasteiger partial charge on any atom is 0.0667 e. The fraction of sp³-hybridized carbons (Fsp3) is 0.455. The summed E-state index contributed by atoms with van der Waals surface area (Å²) in [6, 6.07) is 5.46. The van der Waals surface area contributed by atoms with Crippen molar-refractivity contribution in [2.75, 3.05) is 13.7 Å². The van der Waals surface area contributed by atoms with E-state index in [4.69, 9.17) is 27.9 Å². The average molecular weight is 248 g/mol. The van der Waals surface area contributed by atoms with Gasteiger partial charge >= 0.3 is 0 Å². The van der Waals surface area contributed by atoms with E-state index in [9.17, 15) is 0 Å². The minimum absolute atomic E-state index is 0.197. The molecule has 0 aliphatic carbocycles. The SMILES string of the molecule is COC(C)CNCc1cc(Cl)ccc1Cl. The van der Waals surface area contributed by atoms with Gasteiger partial charge in [-0.1, -0.05) is 23.2 Å². The molecule has 0 spiro atoms. The monoisotopic (exact) mass is 247 g/mol. The minimum atomic E-state index is 0.197. The Labute approximate surface area is 101 Å². The van der Waals surface area contributed by atoms with Gasteiger partial charge in [0.25, 0.3) is 0 Å². The van der Waals surface area contributed by atoms with E-state index in [0.29, 0.717) is 11.6 Å². The summed E-state index contributed by atoms with van der Waals surface area (Å²) >= 11 is 11.9. The Morgan fingerprint density at radius 3 is 2.80 bits per heavy atom. The summed E-state index contributed by atoms with van der Waals surface area (Å²) in [6.07, 6.45) is 0.197. The molecule has 84 valence electrons. The Bertz CT molecular complexity index is 317. The van der Waals surface area contributed by atoms with Crippen LogP contribution in [0.4, 0.5) is 0 Å². The summed E-state index contributed by atoms with van der Waals surface area (Å²) in [5.74, 6) is 0. The van der Waals surface area contributed by atoms with Crippen molar-refractivity contribution >= 4 is 23.2 Å². The van der Waals surface area contributed by atoms with Crippen molar-refractivity contribution in [3.05, 3.63) is 33.8 Å². The molecular weight excluding hydrogens is 233 g/mol. The fourth-order valence-electron chi connectivity index (χ4n) is 1.17. The predicted molar refractivity (Wildman–Crippen MR) is 64.6 cm³/mol. The molecule has 1 unspecified atom stereocenters. The number of nitrogens with one attached hydrogen (secondary N) is 1. The first-order valence-corrected chi connectivity index (χ1v) is 5.56. The number of benzene rings is 1. The smallest absolute Gasteiger partial charge is 0.0667 e. The summed E-state index contributed by atoms with van der Waals surface area (Å²) in [5, 5.41) is 4.69. The summed E-state index contributed by atoms with van der Waals surface area (Å²) in [7, 11) is 1.69. The van der Waals surface area contributed by atoms with Gasteiger partial charge in [-0.05, 0) is 30.7 Å². The molecular formula is C11H15Cl2NO. The molecule has 4 heteroatoms. The molecule has 1 aromatic carbocycles. The van der Waals surface area contributed by atoms with Crippen LogP contribution in [0.25, 0.3) is 0 Å². The van der Waals surface area contributed by atoms with E-state index in [1.165, 1.54) is 0 Å². The molecule has 1 N–H and O–H groups in total. The van der Waals surface area contributed by atoms with E-state index in [-0.39, 0.29) is 6.10 Å². The van der Waals surface area contributed by atoms with Gasteiger partial charge in [-0.15, -0.1) is 0 Å². The first-order chi connectivity index (χ1) is 7.13. The molecule has 0 aliphatic rings. The van der Waals surface area contributed by atoms with Crippen molar-refractivity contribution in [2.24, 2.45) is 0 Å². The second kappa shape index (κ2) is 6.33. The molecule has 0 amide bonds. The van der Waals surface area contributed by atoms with Crippen molar-refractivity contribution in [3.8, 4) is 0 Å². The van der Waals surface area contributed by atoms with Gasteiger partial charge < -0.3 is 10.1 Å². The third-order valence-electron chi connectivity index (χ3n) is 2.16. The maximum atomic E-state index is 6.02. The van der Waals surface area contributed by atoms with E-state index in [2.05, 4.69) is 5.32 Å². The number of hydrogen-bond donors (Lipinski definition) is 1. The largest absolute Gasteiger partial charge is 0.380 e. The zero-order valence-electron chi connectivity index (χ0n) is 8.89. The number of hydrogen-bond acceptors (Lipinski definition) is 2. The van der Waals surface area contributed by atoms with Crippen LogP contribution in [-0.4, -0.2) is 19.8 Å². The van der Waals surface area contributed by atoms with Crippen LogP contribution in [0.1, 0.15) is 12.5 Å². The van der Waals surface area contributed by atoms with Gasteiger partial charge in [-0.3, -0.25) is 0 Å². The molecule has 0 heterocycles. The van der Waals surface area contributed by atoms with E-state index >= 15 is 0 Å². The van der Waals surface area contributed by atoms with E-state index < -0.39 is 0 Å². The number of rotatable bonds is 5. The van der Waals surface area contributed by atoms with Gasteiger partial charge in [0.1, 0.15) is 0 Å². The van der Waals surface area contributed by atoms with Crippen LogP contribution in [-0.2, 0) is 11.3 Å². The second-order valence-corrected chi connectivity index (χ2v) is 4.26. The first kappa shape index (κ1) is 12.8. The second-order valence-electron chi connectivity index (χ2n) is 3.41. The molecule has 0 saturated carbocycles. The van der Waals surface area contributed by atoms with Gasteiger partial charge in [0, 0.05) is 30.2 Å². The van der Waals surface area contributed by atoms with Crippen LogP contribution in [0.15, 0.2) is 18.2 Å². The Balaban J connectivity index is 2.46. The van der Waals surface area contributed by atoms with Crippen LogP contribution in [0.3, 0.4) is 0 Å². The topological polar surface area (TPSA) is 21.3 Å². The lowest BCUT2D eigenvalue weighted by Crippen LogP contribution is -2.25. The van der Waals surface area contributed by atoms with Crippen molar-refractivity contribution in [1.29, 1.82) is 0 Å². The molecule has 15 heavy (non-hydrogen) atoms. The normalized spacial score (nSPS) is 12.8. The molecule has 0 bridgehead atoms. The summed E-state index contributed by atoms with van der Waals surface area (Å²) in [5.41, 5.74) is 1.01. The predicted octanol–water partition coefficient (Wildman–Crippen LogP) is 3.12. The van der Waals surface area contributed by atoms with Crippen molar-refractivity contribution in [2.45, 2.75) is 19.6 Å². The Hall–Kier alpha value is -0.280. The van der Waals surface area contributed by atoms with Crippen molar-refractivity contribution in [1.82, 2.24) is 5.32 Å². The lowest BCUT2D eigenvalue weighted by atomic mass is 10.2. The van der Waals surface area contributed by atoms with Gasteiger partial charge in [-0.25, -0.2) is 0 Å². The van der Waals surface area contributed by atoms with Crippen LogP contribution in [0.5, 0.6) is 0 Å². The first-order valence-electron chi connectivity index (χ1n) is 4.81. The van der Waals surface area contributed by atoms with E-state index in [0.717, 1.165) is 17.1 Å². The molecule has 1 aromatic rings. The Morgan fingerprint density at radius 1 is 1.40 bits per heavy atom. The standard InChI is InChI=1S/C11H15Cl2NO/c1-8(15-2)6-14-7-9-5-10(12)3-4-11(9)13/h3-5,8,14H,6-7H2,1-2H3.